The summed E-state index contributed by atoms with van der Waals surface area (Å²) in [6, 6.07) is -2.63. The molecule has 9 atom stereocenters. The van der Waals surface area contributed by atoms with Crippen LogP contribution in [-0.4, -0.2) is 122 Å². The Morgan fingerprint density at radius 3 is 2.10 bits per heavy atom. The van der Waals surface area contributed by atoms with Crippen molar-refractivity contribution in [1.29, 1.82) is 0 Å². The maximum atomic E-state index is 11.5. The lowest BCUT2D eigenvalue weighted by Gasteiger charge is -2.44. The van der Waals surface area contributed by atoms with Gasteiger partial charge in [0.1, 0.15) is 42.7 Å². The van der Waals surface area contributed by atoms with Crippen LogP contribution in [0.2, 0.25) is 0 Å². The van der Waals surface area contributed by atoms with E-state index in [1.807, 2.05) is 0 Å². The maximum absolute atomic E-state index is 11.5. The maximum Gasteiger partial charge on any atom is 0.217 e. The van der Waals surface area contributed by atoms with Gasteiger partial charge in [0.15, 0.2) is 6.29 Å². The summed E-state index contributed by atoms with van der Waals surface area (Å²) in [4.78, 5) is 22.9. The molecule has 29 heavy (non-hydrogen) atoms. The Morgan fingerprint density at radius 2 is 1.66 bits per heavy atom. The molecule has 1 aliphatic heterocycles. The summed E-state index contributed by atoms with van der Waals surface area (Å²) in [5.74, 6) is -1.22. The van der Waals surface area contributed by atoms with Crippen molar-refractivity contribution in [3.8, 4) is 0 Å². The van der Waals surface area contributed by atoms with E-state index >= 15 is 0 Å². The van der Waals surface area contributed by atoms with Crippen molar-refractivity contribution in [3.05, 3.63) is 0 Å². The first-order valence-corrected chi connectivity index (χ1v) is 8.97. The number of rotatable bonds is 10. The summed E-state index contributed by atoms with van der Waals surface area (Å²) in [7, 11) is 0. The van der Waals surface area contributed by atoms with Gasteiger partial charge in [0.05, 0.1) is 25.9 Å². The Bertz CT molecular complexity index is 537. The molecule has 1 fully saturated rings. The average molecular weight is 426 g/mol. The van der Waals surface area contributed by atoms with Crippen LogP contribution >= 0.6 is 0 Å². The van der Waals surface area contributed by atoms with Crippen molar-refractivity contribution < 1.29 is 54.8 Å². The Morgan fingerprint density at radius 1 is 1.03 bits per heavy atom. The normalized spacial score (nSPS) is 31.4. The largest absolute Gasteiger partial charge is 0.394 e. The van der Waals surface area contributed by atoms with Gasteiger partial charge >= 0.3 is 0 Å². The summed E-state index contributed by atoms with van der Waals surface area (Å²) in [5.41, 5.74) is 0. The average Bonchev–Trinajstić information content (AvgIpc) is 2.67. The van der Waals surface area contributed by atoms with E-state index in [0.29, 0.717) is 0 Å². The second-order valence-corrected chi connectivity index (χ2v) is 6.76. The van der Waals surface area contributed by atoms with E-state index in [1.54, 1.807) is 0 Å². The molecule has 0 aromatic carbocycles. The second-order valence-electron chi connectivity index (χ2n) is 6.76. The summed E-state index contributed by atoms with van der Waals surface area (Å²) >= 11 is 0. The first-order valence-electron chi connectivity index (χ1n) is 8.97. The number of nitrogens with one attached hydrogen (secondary N) is 2. The van der Waals surface area contributed by atoms with Crippen molar-refractivity contribution >= 4 is 11.8 Å². The molecule has 13 heteroatoms. The Balaban J connectivity index is 3.21. The molecule has 1 heterocycles. The van der Waals surface area contributed by atoms with Crippen molar-refractivity contribution in [1.82, 2.24) is 10.6 Å². The highest BCUT2D eigenvalue weighted by Crippen LogP contribution is 2.25. The number of aliphatic hydroxyl groups is 7. The molecular weight excluding hydrogens is 396 g/mol. The summed E-state index contributed by atoms with van der Waals surface area (Å²) in [6.45, 7) is -0.0732. The third kappa shape index (κ3) is 6.80. The molecule has 9 N–H and O–H groups in total. The van der Waals surface area contributed by atoms with Crippen LogP contribution in [-0.2, 0) is 19.1 Å². The molecule has 0 spiro atoms. The van der Waals surface area contributed by atoms with Crippen LogP contribution in [0.25, 0.3) is 0 Å². The van der Waals surface area contributed by atoms with Crippen LogP contribution in [0.1, 0.15) is 13.8 Å². The summed E-state index contributed by atoms with van der Waals surface area (Å²) < 4.78 is 11.0. The van der Waals surface area contributed by atoms with Crippen molar-refractivity contribution in [2.24, 2.45) is 0 Å². The van der Waals surface area contributed by atoms with Crippen LogP contribution in [0.3, 0.4) is 0 Å². The molecule has 0 radical (unpaired) electrons. The molecule has 170 valence electrons. The third-order valence-electron chi connectivity index (χ3n) is 4.44. The molecule has 1 rings (SSSR count). The van der Waals surface area contributed by atoms with Crippen molar-refractivity contribution in [2.75, 3.05) is 19.8 Å². The van der Waals surface area contributed by atoms with Crippen LogP contribution in [0.4, 0.5) is 0 Å². The fraction of sp³-hybridized carbons (Fsp3) is 0.875. The molecule has 0 aromatic rings. The number of hydrogen-bond acceptors (Lipinski definition) is 11. The minimum Gasteiger partial charge on any atom is -0.394 e. The van der Waals surface area contributed by atoms with Gasteiger partial charge in [-0.2, -0.15) is 0 Å². The van der Waals surface area contributed by atoms with Gasteiger partial charge in [-0.25, -0.2) is 0 Å². The fourth-order valence-electron chi connectivity index (χ4n) is 2.97. The van der Waals surface area contributed by atoms with E-state index in [2.05, 4.69) is 10.6 Å². The number of amides is 2. The highest BCUT2D eigenvalue weighted by molar-refractivity contribution is 5.73. The van der Waals surface area contributed by atoms with E-state index in [-0.39, 0.29) is 0 Å². The van der Waals surface area contributed by atoms with Crippen LogP contribution in [0, 0.1) is 0 Å². The number of carbonyl (C=O) groups excluding carboxylic acids is 2. The SMILES string of the molecule is CC(=O)NC(CO)C(OC1OC(CO)C(O)C(O)C1NC(C)=O)C(O)C(O)CO. The lowest BCUT2D eigenvalue weighted by Crippen LogP contribution is -2.66. The van der Waals surface area contributed by atoms with Gasteiger partial charge < -0.3 is 55.9 Å². The molecule has 0 bridgehead atoms. The zero-order valence-corrected chi connectivity index (χ0v) is 16.1. The highest BCUT2D eigenvalue weighted by atomic mass is 16.7. The number of aliphatic hydroxyl groups excluding tert-OH is 7. The monoisotopic (exact) mass is 426 g/mol. The number of ether oxygens (including phenoxy) is 2. The van der Waals surface area contributed by atoms with E-state index in [0.717, 1.165) is 13.8 Å². The standard InChI is InChI=1S/C16H30N2O11/c1-6(22)17-8(3-19)15(12(25)9(24)4-20)29-16-11(18-7(2)23)14(27)13(26)10(5-21)28-16/h8-16,19-21,24-27H,3-5H2,1-2H3,(H,17,22)(H,18,23). The minimum atomic E-state index is -1.83. The minimum absolute atomic E-state index is 0.602. The second kappa shape index (κ2) is 11.7. The van der Waals surface area contributed by atoms with Gasteiger partial charge in [0, 0.05) is 13.8 Å². The first kappa shape index (κ1) is 25.6. The summed E-state index contributed by atoms with van der Waals surface area (Å²) in [5, 5.41) is 73.1. The van der Waals surface area contributed by atoms with Gasteiger partial charge in [0.2, 0.25) is 11.8 Å². The van der Waals surface area contributed by atoms with Crippen molar-refractivity contribution in [2.45, 2.75) is 68.8 Å². The van der Waals surface area contributed by atoms with E-state index < -0.39 is 86.6 Å². The molecule has 0 aromatic heterocycles. The van der Waals surface area contributed by atoms with Gasteiger partial charge in [0.25, 0.3) is 0 Å². The molecule has 1 saturated heterocycles. The van der Waals surface area contributed by atoms with Gasteiger partial charge in [-0.15, -0.1) is 0 Å². The van der Waals surface area contributed by atoms with Crippen LogP contribution in [0.15, 0.2) is 0 Å². The highest BCUT2D eigenvalue weighted by Gasteiger charge is 2.48. The third-order valence-corrected chi connectivity index (χ3v) is 4.44. The fourth-order valence-corrected chi connectivity index (χ4v) is 2.97. The van der Waals surface area contributed by atoms with Gasteiger partial charge in [-0.3, -0.25) is 9.59 Å². The lowest BCUT2D eigenvalue weighted by molar-refractivity contribution is -0.295. The Kier molecular flexibility index (Phi) is 10.3. The smallest absolute Gasteiger partial charge is 0.217 e. The first-order chi connectivity index (χ1) is 13.6. The molecule has 1 aliphatic rings. The van der Waals surface area contributed by atoms with E-state index in [1.165, 1.54) is 0 Å². The van der Waals surface area contributed by atoms with Gasteiger partial charge in [-0.05, 0) is 0 Å². The van der Waals surface area contributed by atoms with Crippen LogP contribution in [0.5, 0.6) is 0 Å². The van der Waals surface area contributed by atoms with E-state index in [9.17, 15) is 40.2 Å². The topological polar surface area (TPSA) is 218 Å². The molecule has 2 amide bonds. The number of carbonyl (C=O) groups is 2. The predicted molar refractivity (Wildman–Crippen MR) is 94.0 cm³/mol. The molecule has 13 nitrogen and oxygen atoms in total. The zero-order chi connectivity index (χ0) is 22.3. The summed E-state index contributed by atoms with van der Waals surface area (Å²) in [6.07, 6.45) is -11.2. The van der Waals surface area contributed by atoms with E-state index in [4.69, 9.17) is 14.6 Å². The van der Waals surface area contributed by atoms with Crippen molar-refractivity contribution in [3.63, 3.8) is 0 Å². The van der Waals surface area contributed by atoms with Gasteiger partial charge in [-0.1, -0.05) is 0 Å². The lowest BCUT2D eigenvalue weighted by atomic mass is 9.96. The molecule has 0 saturated carbocycles. The van der Waals surface area contributed by atoms with Crippen LogP contribution < -0.4 is 10.6 Å². The molecule has 0 aliphatic carbocycles. The predicted octanol–water partition coefficient (Wildman–Crippen LogP) is -5.47. The molecule has 9 unspecified atom stereocenters. The molecular formula is C16H30N2O11. The Hall–Kier alpha value is -1.42. The Labute approximate surface area is 166 Å². The quantitative estimate of drug-likeness (QED) is 0.160. The zero-order valence-electron chi connectivity index (χ0n) is 16.1. The number of hydrogen-bond donors (Lipinski definition) is 9.